The summed E-state index contributed by atoms with van der Waals surface area (Å²) < 4.78 is 13.7. The number of aromatic nitrogens is 1. The summed E-state index contributed by atoms with van der Waals surface area (Å²) in [5.74, 6) is -1.06. The Morgan fingerprint density at radius 2 is 1.70 bits per heavy atom. The van der Waals surface area contributed by atoms with Crippen molar-refractivity contribution in [3.05, 3.63) is 94.6 Å². The Labute approximate surface area is 203 Å². The maximum atomic E-state index is 13.7. The number of hydrogen-bond donors (Lipinski definition) is 2. The van der Waals surface area contributed by atoms with E-state index in [-0.39, 0.29) is 17.2 Å². The SMILES string of the molecule is O=C(CSc1ccc(NC(=O)c2ccccc2F)cc1)Nc1nc(-c2ccc(Cl)cc2)cs1. The number of thioether (sulfide) groups is 1. The summed E-state index contributed by atoms with van der Waals surface area (Å²) in [6, 6.07) is 20.1. The lowest BCUT2D eigenvalue weighted by molar-refractivity contribution is -0.113. The summed E-state index contributed by atoms with van der Waals surface area (Å²) in [4.78, 5) is 29.8. The van der Waals surface area contributed by atoms with Crippen molar-refractivity contribution in [1.82, 2.24) is 4.98 Å². The Kier molecular flexibility index (Phi) is 7.39. The molecule has 0 radical (unpaired) electrons. The molecule has 9 heteroatoms. The number of halogens is 2. The summed E-state index contributed by atoms with van der Waals surface area (Å²) in [6.45, 7) is 0. The molecular weight excluding hydrogens is 481 g/mol. The molecule has 2 N–H and O–H groups in total. The van der Waals surface area contributed by atoms with Crippen molar-refractivity contribution >= 4 is 57.3 Å². The largest absolute Gasteiger partial charge is 0.322 e. The van der Waals surface area contributed by atoms with Crippen molar-refractivity contribution in [2.75, 3.05) is 16.4 Å². The number of nitrogens with zero attached hydrogens (tertiary/aromatic N) is 1. The van der Waals surface area contributed by atoms with E-state index in [1.807, 2.05) is 17.5 Å². The molecule has 0 aliphatic heterocycles. The van der Waals surface area contributed by atoms with E-state index < -0.39 is 11.7 Å². The maximum Gasteiger partial charge on any atom is 0.258 e. The average molecular weight is 498 g/mol. The molecule has 4 rings (SSSR count). The van der Waals surface area contributed by atoms with Gasteiger partial charge in [0.05, 0.1) is 17.0 Å². The number of amides is 2. The standard InChI is InChI=1S/C24H17ClFN3O2S2/c25-16-7-5-15(6-8-16)21-13-33-24(28-21)29-22(30)14-32-18-11-9-17(10-12-18)27-23(31)19-3-1-2-4-20(19)26/h1-13H,14H2,(H,27,31)(H,28,29,30). The molecule has 0 saturated carbocycles. The summed E-state index contributed by atoms with van der Waals surface area (Å²) >= 11 is 8.62. The molecule has 0 unspecified atom stereocenters. The van der Waals surface area contributed by atoms with Gasteiger partial charge in [0.25, 0.3) is 5.91 Å². The van der Waals surface area contributed by atoms with Crippen LogP contribution >= 0.6 is 34.7 Å². The highest BCUT2D eigenvalue weighted by atomic mass is 35.5. The van der Waals surface area contributed by atoms with Gasteiger partial charge < -0.3 is 10.6 Å². The highest BCUT2D eigenvalue weighted by Crippen LogP contribution is 2.27. The van der Waals surface area contributed by atoms with Crippen molar-refractivity contribution in [3.63, 3.8) is 0 Å². The number of hydrogen-bond acceptors (Lipinski definition) is 5. The normalized spacial score (nSPS) is 10.6. The van der Waals surface area contributed by atoms with Gasteiger partial charge in [-0.25, -0.2) is 9.37 Å². The van der Waals surface area contributed by atoms with Crippen LogP contribution in [-0.2, 0) is 4.79 Å². The van der Waals surface area contributed by atoms with E-state index in [9.17, 15) is 14.0 Å². The van der Waals surface area contributed by atoms with Crippen LogP contribution in [0.3, 0.4) is 0 Å². The number of nitrogens with one attached hydrogen (secondary N) is 2. The number of carbonyl (C=O) groups is 2. The maximum absolute atomic E-state index is 13.7. The number of anilines is 2. The molecular formula is C24H17ClFN3O2S2. The number of carbonyl (C=O) groups excluding carboxylic acids is 2. The predicted octanol–water partition coefficient (Wildman–Crippen LogP) is 6.59. The van der Waals surface area contributed by atoms with E-state index >= 15 is 0 Å². The smallest absolute Gasteiger partial charge is 0.258 e. The van der Waals surface area contributed by atoms with Crippen molar-refractivity contribution < 1.29 is 14.0 Å². The van der Waals surface area contributed by atoms with E-state index in [4.69, 9.17) is 11.6 Å². The molecule has 0 aliphatic carbocycles. The summed E-state index contributed by atoms with van der Waals surface area (Å²) in [7, 11) is 0. The van der Waals surface area contributed by atoms with E-state index in [0.29, 0.717) is 15.8 Å². The molecule has 0 fully saturated rings. The molecule has 166 valence electrons. The summed E-state index contributed by atoms with van der Waals surface area (Å²) in [6.07, 6.45) is 0. The van der Waals surface area contributed by atoms with Gasteiger partial charge in [-0.1, -0.05) is 35.9 Å². The predicted molar refractivity (Wildman–Crippen MR) is 133 cm³/mol. The lowest BCUT2D eigenvalue weighted by Crippen LogP contribution is -2.14. The van der Waals surface area contributed by atoms with Gasteiger partial charge in [0.2, 0.25) is 5.91 Å². The summed E-state index contributed by atoms with van der Waals surface area (Å²) in [5, 5.41) is 8.52. The number of thiazole rings is 1. The van der Waals surface area contributed by atoms with Crippen LogP contribution in [0.4, 0.5) is 15.2 Å². The van der Waals surface area contributed by atoms with Gasteiger partial charge in [-0.05, 0) is 48.5 Å². The Morgan fingerprint density at radius 3 is 2.42 bits per heavy atom. The first kappa shape index (κ1) is 23.0. The highest BCUT2D eigenvalue weighted by molar-refractivity contribution is 8.00. The Hall–Kier alpha value is -3.20. The highest BCUT2D eigenvalue weighted by Gasteiger charge is 2.12. The van der Waals surface area contributed by atoms with Gasteiger partial charge in [-0.3, -0.25) is 9.59 Å². The second-order valence-corrected chi connectivity index (χ2v) is 9.18. The van der Waals surface area contributed by atoms with Gasteiger partial charge in [0.1, 0.15) is 5.82 Å². The molecule has 2 amide bonds. The lowest BCUT2D eigenvalue weighted by atomic mass is 10.2. The zero-order valence-corrected chi connectivity index (χ0v) is 19.4. The molecule has 0 atom stereocenters. The van der Waals surface area contributed by atoms with Crippen LogP contribution < -0.4 is 10.6 Å². The van der Waals surface area contributed by atoms with Crippen LogP contribution in [0, 0.1) is 5.82 Å². The third-order valence-electron chi connectivity index (χ3n) is 4.49. The first-order chi connectivity index (χ1) is 16.0. The summed E-state index contributed by atoms with van der Waals surface area (Å²) in [5.41, 5.74) is 2.21. The Morgan fingerprint density at radius 1 is 0.970 bits per heavy atom. The number of benzene rings is 3. The second kappa shape index (κ2) is 10.6. The molecule has 5 nitrogen and oxygen atoms in total. The van der Waals surface area contributed by atoms with Gasteiger partial charge >= 0.3 is 0 Å². The first-order valence-corrected chi connectivity index (χ1v) is 12.0. The van der Waals surface area contributed by atoms with E-state index in [1.165, 1.54) is 41.3 Å². The minimum absolute atomic E-state index is 0.0194. The molecule has 1 heterocycles. The van der Waals surface area contributed by atoms with Crippen molar-refractivity contribution in [3.8, 4) is 11.3 Å². The monoisotopic (exact) mass is 497 g/mol. The van der Waals surface area contributed by atoms with Crippen LogP contribution in [0.1, 0.15) is 10.4 Å². The van der Waals surface area contributed by atoms with Gasteiger partial charge in [0.15, 0.2) is 5.13 Å². The van der Waals surface area contributed by atoms with Gasteiger partial charge in [-0.2, -0.15) is 0 Å². The zero-order chi connectivity index (χ0) is 23.2. The van der Waals surface area contributed by atoms with E-state index in [2.05, 4.69) is 15.6 Å². The molecule has 0 spiro atoms. The van der Waals surface area contributed by atoms with E-state index in [0.717, 1.165) is 16.2 Å². The third-order valence-corrected chi connectivity index (χ3v) is 6.51. The van der Waals surface area contributed by atoms with Crippen molar-refractivity contribution in [2.24, 2.45) is 0 Å². The van der Waals surface area contributed by atoms with Crippen LogP contribution in [0.15, 0.2) is 83.1 Å². The minimum atomic E-state index is -0.575. The molecule has 1 aromatic heterocycles. The first-order valence-electron chi connectivity index (χ1n) is 9.78. The topological polar surface area (TPSA) is 71.1 Å². The second-order valence-electron chi connectivity index (χ2n) is 6.84. The van der Waals surface area contributed by atoms with E-state index in [1.54, 1.807) is 42.5 Å². The van der Waals surface area contributed by atoms with Crippen LogP contribution in [0.2, 0.25) is 5.02 Å². The minimum Gasteiger partial charge on any atom is -0.322 e. The fourth-order valence-corrected chi connectivity index (χ4v) is 4.43. The average Bonchev–Trinajstić information content (AvgIpc) is 3.27. The fraction of sp³-hybridized carbons (Fsp3) is 0.0417. The molecule has 0 saturated heterocycles. The molecule has 0 bridgehead atoms. The van der Waals surface area contributed by atoms with Gasteiger partial charge in [-0.15, -0.1) is 23.1 Å². The Balaban J connectivity index is 1.28. The molecule has 4 aromatic rings. The fourth-order valence-electron chi connectivity index (χ4n) is 2.87. The van der Waals surface area contributed by atoms with Crippen LogP contribution in [0.5, 0.6) is 0 Å². The van der Waals surface area contributed by atoms with Crippen LogP contribution in [0.25, 0.3) is 11.3 Å². The third kappa shape index (κ3) is 6.19. The zero-order valence-electron chi connectivity index (χ0n) is 17.0. The molecule has 0 aliphatic rings. The van der Waals surface area contributed by atoms with Crippen molar-refractivity contribution in [1.29, 1.82) is 0 Å². The Bertz CT molecular complexity index is 1280. The lowest BCUT2D eigenvalue weighted by Gasteiger charge is -2.07. The molecule has 33 heavy (non-hydrogen) atoms. The van der Waals surface area contributed by atoms with Crippen molar-refractivity contribution in [2.45, 2.75) is 4.90 Å². The number of rotatable bonds is 7. The van der Waals surface area contributed by atoms with Gasteiger partial charge in [0, 0.05) is 26.5 Å². The molecule has 3 aromatic carbocycles. The van der Waals surface area contributed by atoms with Crippen LogP contribution in [-0.4, -0.2) is 22.6 Å². The quantitative estimate of drug-likeness (QED) is 0.283.